The highest BCUT2D eigenvalue weighted by molar-refractivity contribution is 7.85. The molecule has 104 valence electrons. The maximum Gasteiger partial charge on any atom is 0.264 e. The Kier molecular flexibility index (Phi) is 8.05. The Hall–Kier alpha value is -0.0900. The standard InChI is InChI=1S/C13H28O3S/c1-13(2,3)11-9-7-5-4-6-8-10-12-17(14,15)16/h4-12H2,1-3H3,(H,14,15,16). The predicted octanol–water partition coefficient (Wildman–Crippen LogP) is 4.04. The molecule has 0 spiro atoms. The molecule has 0 fully saturated rings. The van der Waals surface area contributed by atoms with E-state index in [4.69, 9.17) is 4.55 Å². The molecular formula is C13H28O3S. The molecule has 0 aliphatic rings. The highest BCUT2D eigenvalue weighted by Crippen LogP contribution is 2.22. The molecule has 0 aromatic rings. The minimum absolute atomic E-state index is 0.0863. The monoisotopic (exact) mass is 264 g/mol. The summed E-state index contributed by atoms with van der Waals surface area (Å²) < 4.78 is 29.4. The van der Waals surface area contributed by atoms with Gasteiger partial charge in [-0.3, -0.25) is 4.55 Å². The SMILES string of the molecule is CC(C)(C)CCCCCCCCCS(=O)(=O)O. The van der Waals surface area contributed by atoms with E-state index in [1.807, 2.05) is 0 Å². The predicted molar refractivity (Wildman–Crippen MR) is 72.8 cm³/mol. The van der Waals surface area contributed by atoms with Crippen LogP contribution in [0.3, 0.4) is 0 Å². The zero-order valence-electron chi connectivity index (χ0n) is 11.5. The number of rotatable bonds is 9. The van der Waals surface area contributed by atoms with Gasteiger partial charge in [-0.25, -0.2) is 0 Å². The molecule has 17 heavy (non-hydrogen) atoms. The fourth-order valence-electron chi connectivity index (χ4n) is 1.82. The molecule has 0 heterocycles. The van der Waals surface area contributed by atoms with E-state index in [1.165, 1.54) is 32.1 Å². The first-order valence-corrected chi connectivity index (χ1v) is 8.27. The summed E-state index contributed by atoms with van der Waals surface area (Å²) >= 11 is 0. The molecule has 0 aromatic heterocycles. The second kappa shape index (κ2) is 8.09. The summed E-state index contributed by atoms with van der Waals surface area (Å²) in [7, 11) is -3.74. The highest BCUT2D eigenvalue weighted by atomic mass is 32.2. The summed E-state index contributed by atoms with van der Waals surface area (Å²) in [6.45, 7) is 6.80. The van der Waals surface area contributed by atoms with Crippen LogP contribution in [0.25, 0.3) is 0 Å². The first-order valence-electron chi connectivity index (χ1n) is 6.66. The van der Waals surface area contributed by atoms with Crippen molar-refractivity contribution < 1.29 is 13.0 Å². The van der Waals surface area contributed by atoms with Gasteiger partial charge < -0.3 is 0 Å². The molecule has 1 N–H and O–H groups in total. The fourth-order valence-corrected chi connectivity index (χ4v) is 2.39. The summed E-state index contributed by atoms with van der Waals surface area (Å²) in [5.74, 6) is -0.0863. The second-order valence-corrected chi connectivity index (χ2v) is 7.64. The molecule has 4 heteroatoms. The van der Waals surface area contributed by atoms with E-state index in [9.17, 15) is 8.42 Å². The third-order valence-corrected chi connectivity index (χ3v) is 3.63. The average molecular weight is 264 g/mol. The van der Waals surface area contributed by atoms with Gasteiger partial charge in [-0.15, -0.1) is 0 Å². The summed E-state index contributed by atoms with van der Waals surface area (Å²) in [4.78, 5) is 0. The fraction of sp³-hybridized carbons (Fsp3) is 1.00. The maximum absolute atomic E-state index is 10.5. The van der Waals surface area contributed by atoms with E-state index in [1.54, 1.807) is 0 Å². The van der Waals surface area contributed by atoms with Crippen molar-refractivity contribution in [2.45, 2.75) is 72.1 Å². The third kappa shape index (κ3) is 15.9. The van der Waals surface area contributed by atoms with E-state index in [0.717, 1.165) is 12.8 Å². The highest BCUT2D eigenvalue weighted by Gasteiger charge is 2.08. The van der Waals surface area contributed by atoms with Crippen molar-refractivity contribution in [1.29, 1.82) is 0 Å². The van der Waals surface area contributed by atoms with Crippen LogP contribution >= 0.6 is 0 Å². The molecule has 0 saturated heterocycles. The van der Waals surface area contributed by atoms with Crippen molar-refractivity contribution in [2.24, 2.45) is 5.41 Å². The number of hydrogen-bond acceptors (Lipinski definition) is 2. The van der Waals surface area contributed by atoms with E-state index in [2.05, 4.69) is 20.8 Å². The molecule has 0 saturated carbocycles. The summed E-state index contributed by atoms with van der Waals surface area (Å²) in [6.07, 6.45) is 8.81. The Labute approximate surface area is 107 Å². The Balaban J connectivity index is 3.20. The van der Waals surface area contributed by atoms with Crippen molar-refractivity contribution >= 4 is 10.1 Å². The van der Waals surface area contributed by atoms with Crippen LogP contribution in [0.5, 0.6) is 0 Å². The van der Waals surface area contributed by atoms with E-state index in [-0.39, 0.29) is 5.75 Å². The summed E-state index contributed by atoms with van der Waals surface area (Å²) in [5, 5.41) is 0. The van der Waals surface area contributed by atoms with Crippen molar-refractivity contribution in [3.8, 4) is 0 Å². The molecule has 3 nitrogen and oxygen atoms in total. The van der Waals surface area contributed by atoms with Crippen LogP contribution in [0.4, 0.5) is 0 Å². The normalized spacial score (nSPS) is 12.9. The molecule has 0 aliphatic heterocycles. The van der Waals surface area contributed by atoms with Crippen molar-refractivity contribution in [1.82, 2.24) is 0 Å². The summed E-state index contributed by atoms with van der Waals surface area (Å²) in [5.41, 5.74) is 0.440. The van der Waals surface area contributed by atoms with Crippen molar-refractivity contribution in [3.63, 3.8) is 0 Å². The summed E-state index contributed by atoms with van der Waals surface area (Å²) in [6, 6.07) is 0. The maximum atomic E-state index is 10.5. The lowest BCUT2D eigenvalue weighted by Gasteiger charge is -2.17. The largest absolute Gasteiger partial charge is 0.286 e. The van der Waals surface area contributed by atoms with Crippen LogP contribution in [-0.2, 0) is 10.1 Å². The van der Waals surface area contributed by atoms with Crippen LogP contribution in [0.2, 0.25) is 0 Å². The lowest BCUT2D eigenvalue weighted by molar-refractivity contribution is 0.356. The Morgan fingerprint density at radius 3 is 1.65 bits per heavy atom. The van der Waals surface area contributed by atoms with Crippen molar-refractivity contribution in [3.05, 3.63) is 0 Å². The van der Waals surface area contributed by atoms with Crippen LogP contribution in [0, 0.1) is 5.41 Å². The molecule has 0 aliphatic carbocycles. The molecule has 0 radical (unpaired) electrons. The molecule has 0 atom stereocenters. The number of unbranched alkanes of at least 4 members (excludes halogenated alkanes) is 6. The van der Waals surface area contributed by atoms with Gasteiger partial charge in [0.15, 0.2) is 0 Å². The Bertz CT molecular complexity index is 276. The van der Waals surface area contributed by atoms with Gasteiger partial charge in [0.1, 0.15) is 0 Å². The Morgan fingerprint density at radius 1 is 0.824 bits per heavy atom. The number of hydrogen-bond donors (Lipinski definition) is 1. The topological polar surface area (TPSA) is 54.4 Å². The quantitative estimate of drug-likeness (QED) is 0.505. The van der Waals surface area contributed by atoms with Crippen LogP contribution in [0.15, 0.2) is 0 Å². The van der Waals surface area contributed by atoms with E-state index < -0.39 is 10.1 Å². The van der Waals surface area contributed by atoms with Crippen LogP contribution < -0.4 is 0 Å². The minimum atomic E-state index is -3.74. The molecule has 0 amide bonds. The molecule has 0 unspecified atom stereocenters. The van der Waals surface area contributed by atoms with Gasteiger partial charge in [-0.2, -0.15) is 8.42 Å². The zero-order chi connectivity index (χ0) is 13.4. The van der Waals surface area contributed by atoms with Crippen LogP contribution in [-0.4, -0.2) is 18.7 Å². The first kappa shape index (κ1) is 16.9. The van der Waals surface area contributed by atoms with E-state index in [0.29, 0.717) is 11.8 Å². The van der Waals surface area contributed by atoms with E-state index >= 15 is 0 Å². The van der Waals surface area contributed by atoms with Gasteiger partial charge in [0.25, 0.3) is 10.1 Å². The average Bonchev–Trinajstić information content (AvgIpc) is 2.11. The van der Waals surface area contributed by atoms with Gasteiger partial charge in [-0.05, 0) is 18.3 Å². The molecule has 0 aromatic carbocycles. The lowest BCUT2D eigenvalue weighted by atomic mass is 9.89. The smallest absolute Gasteiger partial charge is 0.264 e. The van der Waals surface area contributed by atoms with Gasteiger partial charge >= 0.3 is 0 Å². The van der Waals surface area contributed by atoms with Gasteiger partial charge in [-0.1, -0.05) is 59.3 Å². The Morgan fingerprint density at radius 2 is 1.24 bits per heavy atom. The van der Waals surface area contributed by atoms with Gasteiger partial charge in [0.05, 0.1) is 5.75 Å². The second-order valence-electron chi connectivity index (χ2n) is 6.07. The van der Waals surface area contributed by atoms with Crippen LogP contribution in [0.1, 0.15) is 72.1 Å². The molecular weight excluding hydrogens is 236 g/mol. The zero-order valence-corrected chi connectivity index (χ0v) is 12.4. The minimum Gasteiger partial charge on any atom is -0.286 e. The van der Waals surface area contributed by atoms with Gasteiger partial charge in [0, 0.05) is 0 Å². The van der Waals surface area contributed by atoms with Gasteiger partial charge in [0.2, 0.25) is 0 Å². The molecule has 0 bridgehead atoms. The lowest BCUT2D eigenvalue weighted by Crippen LogP contribution is -2.04. The van der Waals surface area contributed by atoms with Crippen molar-refractivity contribution in [2.75, 3.05) is 5.75 Å². The first-order chi connectivity index (χ1) is 7.71. The molecule has 0 rings (SSSR count). The third-order valence-electron chi connectivity index (χ3n) is 2.83.